The summed E-state index contributed by atoms with van der Waals surface area (Å²) in [6, 6.07) is 5.03. The van der Waals surface area contributed by atoms with Crippen molar-refractivity contribution >= 4 is 5.69 Å². The van der Waals surface area contributed by atoms with E-state index in [1.807, 2.05) is 35.8 Å². The number of hydrogen-bond donors (Lipinski definition) is 1. The molecule has 1 aromatic heterocycles. The van der Waals surface area contributed by atoms with Crippen LogP contribution in [0, 0.1) is 5.82 Å². The molecule has 102 valence electrons. The number of halogens is 1. The smallest absolute Gasteiger partial charge is 0.127 e. The number of nitrogens with two attached hydrogens (primary N) is 1. The van der Waals surface area contributed by atoms with Crippen LogP contribution in [0.1, 0.15) is 11.4 Å². The molecule has 0 saturated carbocycles. The van der Waals surface area contributed by atoms with Gasteiger partial charge in [0.1, 0.15) is 11.6 Å². The van der Waals surface area contributed by atoms with Crippen LogP contribution in [0.4, 0.5) is 10.1 Å². The van der Waals surface area contributed by atoms with Gasteiger partial charge in [0.25, 0.3) is 0 Å². The van der Waals surface area contributed by atoms with Crippen LogP contribution in [0.2, 0.25) is 0 Å². The second-order valence-corrected chi connectivity index (χ2v) is 4.67. The molecule has 2 aromatic rings. The Labute approximate surface area is 112 Å². The lowest BCUT2D eigenvalue weighted by molar-refractivity contribution is 0.624. The van der Waals surface area contributed by atoms with Crippen LogP contribution < -0.4 is 10.6 Å². The van der Waals surface area contributed by atoms with Crippen LogP contribution in [0.15, 0.2) is 30.6 Å². The average molecular weight is 262 g/mol. The topological polar surface area (TPSA) is 47.1 Å². The molecule has 19 heavy (non-hydrogen) atoms. The van der Waals surface area contributed by atoms with Crippen LogP contribution in [0.5, 0.6) is 0 Å². The van der Waals surface area contributed by atoms with Gasteiger partial charge in [0.05, 0.1) is 6.54 Å². The monoisotopic (exact) mass is 262 g/mol. The summed E-state index contributed by atoms with van der Waals surface area (Å²) in [6.45, 7) is 1.15. The molecule has 0 unspecified atom stereocenters. The first-order valence-electron chi connectivity index (χ1n) is 6.27. The van der Waals surface area contributed by atoms with Crippen molar-refractivity contribution in [1.82, 2.24) is 9.55 Å². The van der Waals surface area contributed by atoms with Crippen molar-refractivity contribution in [3.05, 3.63) is 47.8 Å². The highest BCUT2D eigenvalue weighted by Crippen LogP contribution is 2.19. The third-order valence-corrected chi connectivity index (χ3v) is 3.12. The number of aryl methyl sites for hydroxylation is 1. The lowest BCUT2D eigenvalue weighted by Crippen LogP contribution is -2.19. The number of benzene rings is 1. The zero-order chi connectivity index (χ0) is 13.8. The van der Waals surface area contributed by atoms with Gasteiger partial charge in [0.15, 0.2) is 0 Å². The van der Waals surface area contributed by atoms with E-state index in [4.69, 9.17) is 5.73 Å². The Balaban J connectivity index is 2.18. The van der Waals surface area contributed by atoms with Gasteiger partial charge < -0.3 is 15.2 Å². The summed E-state index contributed by atoms with van der Waals surface area (Å²) in [4.78, 5) is 6.25. The quantitative estimate of drug-likeness (QED) is 0.892. The molecular weight excluding hydrogens is 243 g/mol. The summed E-state index contributed by atoms with van der Waals surface area (Å²) in [6.07, 6.45) is 4.34. The summed E-state index contributed by atoms with van der Waals surface area (Å²) in [7, 11) is 3.87. The van der Waals surface area contributed by atoms with Crippen LogP contribution in [0.3, 0.4) is 0 Å². The predicted octanol–water partition coefficient (Wildman–Crippen LogP) is 1.70. The number of anilines is 1. The molecule has 0 aliphatic rings. The van der Waals surface area contributed by atoms with E-state index in [2.05, 4.69) is 4.98 Å². The zero-order valence-corrected chi connectivity index (χ0v) is 11.3. The van der Waals surface area contributed by atoms with Gasteiger partial charge in [-0.15, -0.1) is 0 Å². The Morgan fingerprint density at radius 2 is 2.16 bits per heavy atom. The van der Waals surface area contributed by atoms with Crippen LogP contribution >= 0.6 is 0 Å². The summed E-state index contributed by atoms with van der Waals surface area (Å²) in [5.74, 6) is 0.708. The standard InChI is InChI=1S/C14H19FN4/c1-18-6-5-17-14(18)10-19(2)13-8-11(3-4-16)7-12(15)9-13/h5-9H,3-4,10,16H2,1-2H3. The number of rotatable bonds is 5. The van der Waals surface area contributed by atoms with Gasteiger partial charge in [0.2, 0.25) is 0 Å². The molecule has 0 amide bonds. The Morgan fingerprint density at radius 1 is 1.37 bits per heavy atom. The fourth-order valence-corrected chi connectivity index (χ4v) is 2.02. The van der Waals surface area contributed by atoms with Crippen molar-refractivity contribution in [2.45, 2.75) is 13.0 Å². The number of nitrogens with zero attached hydrogens (tertiary/aromatic N) is 3. The van der Waals surface area contributed by atoms with E-state index in [1.165, 1.54) is 12.1 Å². The van der Waals surface area contributed by atoms with Crippen LogP contribution in [0.25, 0.3) is 0 Å². The highest BCUT2D eigenvalue weighted by Gasteiger charge is 2.08. The maximum absolute atomic E-state index is 13.6. The normalized spacial score (nSPS) is 10.7. The minimum atomic E-state index is -0.229. The Kier molecular flexibility index (Phi) is 4.16. The van der Waals surface area contributed by atoms with E-state index in [-0.39, 0.29) is 5.82 Å². The molecular formula is C14H19FN4. The van der Waals surface area contributed by atoms with Crippen LogP contribution in [-0.2, 0) is 20.0 Å². The average Bonchev–Trinajstić information content (AvgIpc) is 2.75. The highest BCUT2D eigenvalue weighted by molar-refractivity contribution is 5.48. The fraction of sp³-hybridized carbons (Fsp3) is 0.357. The van der Waals surface area contributed by atoms with Crippen molar-refractivity contribution in [3.63, 3.8) is 0 Å². The number of hydrogen-bond acceptors (Lipinski definition) is 3. The summed E-state index contributed by atoms with van der Waals surface area (Å²) in [5, 5.41) is 0. The Hall–Kier alpha value is -1.88. The van der Waals surface area contributed by atoms with Crippen LogP contribution in [-0.4, -0.2) is 23.1 Å². The molecule has 0 atom stereocenters. The van der Waals surface area contributed by atoms with Crippen molar-refractivity contribution in [3.8, 4) is 0 Å². The zero-order valence-electron chi connectivity index (χ0n) is 11.3. The molecule has 1 heterocycles. The van der Waals surface area contributed by atoms with Crippen molar-refractivity contribution in [2.24, 2.45) is 12.8 Å². The van der Waals surface area contributed by atoms with E-state index in [0.717, 1.165) is 17.1 Å². The lowest BCUT2D eigenvalue weighted by Gasteiger charge is -2.20. The summed E-state index contributed by atoms with van der Waals surface area (Å²) in [5.41, 5.74) is 7.28. The molecule has 0 spiro atoms. The van der Waals surface area contributed by atoms with Gasteiger partial charge in [-0.3, -0.25) is 0 Å². The first-order valence-corrected chi connectivity index (χ1v) is 6.27. The van der Waals surface area contributed by atoms with Crippen molar-refractivity contribution in [1.29, 1.82) is 0 Å². The van der Waals surface area contributed by atoms with Crippen molar-refractivity contribution in [2.75, 3.05) is 18.5 Å². The first kappa shape index (κ1) is 13.5. The Bertz CT molecular complexity index is 550. The summed E-state index contributed by atoms with van der Waals surface area (Å²) >= 11 is 0. The van der Waals surface area contributed by atoms with E-state index < -0.39 is 0 Å². The maximum Gasteiger partial charge on any atom is 0.127 e. The van der Waals surface area contributed by atoms with Gasteiger partial charge in [-0.2, -0.15) is 0 Å². The minimum absolute atomic E-state index is 0.229. The first-order chi connectivity index (χ1) is 9.10. The molecule has 4 nitrogen and oxygen atoms in total. The van der Waals surface area contributed by atoms with E-state index in [1.54, 1.807) is 6.20 Å². The van der Waals surface area contributed by atoms with Crippen molar-refractivity contribution < 1.29 is 4.39 Å². The minimum Gasteiger partial charge on any atom is -0.367 e. The SMILES string of the molecule is CN(Cc1nccn1C)c1cc(F)cc(CCN)c1. The molecule has 0 radical (unpaired) electrons. The summed E-state index contributed by atoms with van der Waals surface area (Å²) < 4.78 is 15.5. The van der Waals surface area contributed by atoms with Gasteiger partial charge >= 0.3 is 0 Å². The lowest BCUT2D eigenvalue weighted by atomic mass is 10.1. The molecule has 0 fully saturated rings. The molecule has 0 aliphatic carbocycles. The van der Waals surface area contributed by atoms with Gasteiger partial charge in [0, 0.05) is 32.2 Å². The highest BCUT2D eigenvalue weighted by atomic mass is 19.1. The van der Waals surface area contributed by atoms with E-state index >= 15 is 0 Å². The predicted molar refractivity (Wildman–Crippen MR) is 74.5 cm³/mol. The number of aromatic nitrogens is 2. The second kappa shape index (κ2) is 5.84. The fourth-order valence-electron chi connectivity index (χ4n) is 2.02. The molecule has 2 rings (SSSR count). The molecule has 2 N–H and O–H groups in total. The van der Waals surface area contributed by atoms with Gasteiger partial charge in [-0.25, -0.2) is 9.37 Å². The maximum atomic E-state index is 13.6. The van der Waals surface area contributed by atoms with E-state index in [0.29, 0.717) is 19.5 Å². The van der Waals surface area contributed by atoms with Gasteiger partial charge in [-0.1, -0.05) is 0 Å². The molecule has 5 heteroatoms. The third kappa shape index (κ3) is 3.32. The third-order valence-electron chi connectivity index (χ3n) is 3.12. The number of imidazole rings is 1. The molecule has 0 bridgehead atoms. The van der Waals surface area contributed by atoms with Gasteiger partial charge in [-0.05, 0) is 36.7 Å². The van der Waals surface area contributed by atoms with E-state index in [9.17, 15) is 4.39 Å². The molecule has 0 aliphatic heterocycles. The Morgan fingerprint density at radius 3 is 2.79 bits per heavy atom. The molecule has 0 saturated heterocycles. The second-order valence-electron chi connectivity index (χ2n) is 4.67. The largest absolute Gasteiger partial charge is 0.367 e. The molecule has 1 aromatic carbocycles.